The molecule has 0 bridgehead atoms. The fraction of sp³-hybridized carbons (Fsp3) is 0.846. The summed E-state index contributed by atoms with van der Waals surface area (Å²) in [6, 6.07) is 2.20. The molecular formula is C13H20N2O. The van der Waals surface area contributed by atoms with E-state index in [4.69, 9.17) is 5.26 Å². The second kappa shape index (κ2) is 3.23. The molecule has 1 atom stereocenters. The summed E-state index contributed by atoms with van der Waals surface area (Å²) in [5, 5.41) is 8.83. The van der Waals surface area contributed by atoms with Crippen LogP contribution in [0, 0.1) is 34.0 Å². The van der Waals surface area contributed by atoms with Gasteiger partial charge in [0.2, 0.25) is 5.91 Å². The van der Waals surface area contributed by atoms with E-state index in [1.165, 1.54) is 0 Å². The minimum Gasteiger partial charge on any atom is -0.341 e. The summed E-state index contributed by atoms with van der Waals surface area (Å²) in [6.07, 6.45) is 0.421. The number of amides is 1. The number of carbonyl (C=O) groups excluding carboxylic acids is 1. The number of hydrogen-bond acceptors (Lipinski definition) is 2. The molecule has 0 aromatic heterocycles. The normalized spacial score (nSPS) is 31.6. The summed E-state index contributed by atoms with van der Waals surface area (Å²) in [4.78, 5) is 13.6. The molecule has 0 aromatic carbocycles. The summed E-state index contributed by atoms with van der Waals surface area (Å²) in [7, 11) is 0. The van der Waals surface area contributed by atoms with E-state index in [-0.39, 0.29) is 11.8 Å². The molecule has 3 nitrogen and oxygen atoms in total. The molecule has 2 rings (SSSR count). The zero-order chi connectivity index (χ0) is 12.1. The second-order valence-electron chi connectivity index (χ2n) is 6.32. The Bertz CT molecular complexity index is 351. The number of likely N-dealkylation sites (tertiary alicyclic amines) is 1. The molecule has 1 saturated carbocycles. The van der Waals surface area contributed by atoms with E-state index in [9.17, 15) is 4.79 Å². The minimum absolute atomic E-state index is 0.0857. The average Bonchev–Trinajstić information content (AvgIpc) is 2.50. The molecule has 16 heavy (non-hydrogen) atoms. The molecule has 1 heterocycles. The lowest BCUT2D eigenvalue weighted by atomic mass is 10.0. The van der Waals surface area contributed by atoms with Gasteiger partial charge in [-0.3, -0.25) is 4.79 Å². The molecule has 3 heteroatoms. The van der Waals surface area contributed by atoms with Crippen LogP contribution in [0.4, 0.5) is 0 Å². The highest BCUT2D eigenvalue weighted by molar-refractivity contribution is 5.79. The van der Waals surface area contributed by atoms with Crippen molar-refractivity contribution >= 4 is 5.91 Å². The lowest BCUT2D eigenvalue weighted by Gasteiger charge is -2.16. The van der Waals surface area contributed by atoms with Crippen molar-refractivity contribution in [2.45, 2.75) is 34.1 Å². The molecule has 1 saturated heterocycles. The second-order valence-corrected chi connectivity index (χ2v) is 6.32. The van der Waals surface area contributed by atoms with Crippen LogP contribution >= 0.6 is 0 Å². The highest BCUT2D eigenvalue weighted by atomic mass is 16.2. The van der Waals surface area contributed by atoms with Crippen LogP contribution < -0.4 is 0 Å². The van der Waals surface area contributed by atoms with Gasteiger partial charge in [0, 0.05) is 19.5 Å². The average molecular weight is 220 g/mol. The van der Waals surface area contributed by atoms with Gasteiger partial charge in [-0.2, -0.15) is 5.26 Å². The zero-order valence-corrected chi connectivity index (χ0v) is 10.6. The SMILES string of the molecule is CC1(C)C(CN2CC(C#N)CC2=O)C1(C)C. The molecule has 0 spiro atoms. The van der Waals surface area contributed by atoms with E-state index < -0.39 is 0 Å². The van der Waals surface area contributed by atoms with Crippen molar-refractivity contribution in [1.29, 1.82) is 5.26 Å². The van der Waals surface area contributed by atoms with Crippen molar-refractivity contribution < 1.29 is 4.79 Å². The van der Waals surface area contributed by atoms with Crippen LogP contribution in [0.5, 0.6) is 0 Å². The number of nitrogens with zero attached hydrogens (tertiary/aromatic N) is 2. The first-order valence-corrected chi connectivity index (χ1v) is 5.98. The third-order valence-corrected chi connectivity index (χ3v) is 5.12. The number of hydrogen-bond donors (Lipinski definition) is 0. The van der Waals surface area contributed by atoms with Gasteiger partial charge in [-0.15, -0.1) is 0 Å². The summed E-state index contributed by atoms with van der Waals surface area (Å²) in [6.45, 7) is 10.5. The van der Waals surface area contributed by atoms with Gasteiger partial charge in [-0.05, 0) is 16.7 Å². The van der Waals surface area contributed by atoms with Crippen LogP contribution in [0.25, 0.3) is 0 Å². The molecule has 88 valence electrons. The Morgan fingerprint density at radius 3 is 2.31 bits per heavy atom. The summed E-state index contributed by atoms with van der Waals surface area (Å²) < 4.78 is 0. The number of nitriles is 1. The van der Waals surface area contributed by atoms with E-state index in [0.717, 1.165) is 6.54 Å². The molecule has 1 aliphatic carbocycles. The number of rotatable bonds is 2. The highest BCUT2D eigenvalue weighted by Gasteiger charge is 2.64. The smallest absolute Gasteiger partial charge is 0.224 e. The molecule has 2 aliphatic rings. The standard InChI is InChI=1S/C13H20N2O/c1-12(2)10(13(12,3)4)8-15-7-9(6-14)5-11(15)16/h9-10H,5,7-8H2,1-4H3. The van der Waals surface area contributed by atoms with Gasteiger partial charge in [-0.25, -0.2) is 0 Å². The predicted octanol–water partition coefficient (Wildman–Crippen LogP) is 2.04. The molecule has 2 fully saturated rings. The Kier molecular flexibility index (Phi) is 2.31. The van der Waals surface area contributed by atoms with Crippen LogP contribution in [0.15, 0.2) is 0 Å². The summed E-state index contributed by atoms with van der Waals surface area (Å²) in [5.74, 6) is 0.643. The topological polar surface area (TPSA) is 44.1 Å². The largest absolute Gasteiger partial charge is 0.341 e. The fourth-order valence-corrected chi connectivity index (χ4v) is 3.05. The Hall–Kier alpha value is -1.04. The molecule has 0 aromatic rings. The van der Waals surface area contributed by atoms with Gasteiger partial charge in [0.05, 0.1) is 12.0 Å². The van der Waals surface area contributed by atoms with Gasteiger partial charge in [-0.1, -0.05) is 27.7 Å². The van der Waals surface area contributed by atoms with E-state index in [2.05, 4.69) is 33.8 Å². The quantitative estimate of drug-likeness (QED) is 0.714. The van der Waals surface area contributed by atoms with E-state index in [1.54, 1.807) is 0 Å². The van der Waals surface area contributed by atoms with Crippen molar-refractivity contribution in [1.82, 2.24) is 4.90 Å². The monoisotopic (exact) mass is 220 g/mol. The maximum atomic E-state index is 11.7. The Balaban J connectivity index is 1.99. The van der Waals surface area contributed by atoms with Gasteiger partial charge in [0.15, 0.2) is 0 Å². The molecular weight excluding hydrogens is 200 g/mol. The maximum absolute atomic E-state index is 11.7. The predicted molar refractivity (Wildman–Crippen MR) is 61.4 cm³/mol. The van der Waals surface area contributed by atoms with Crippen LogP contribution in [0.3, 0.4) is 0 Å². The van der Waals surface area contributed by atoms with Crippen LogP contribution in [-0.2, 0) is 4.79 Å². The minimum atomic E-state index is -0.0857. The van der Waals surface area contributed by atoms with E-state index in [0.29, 0.717) is 29.7 Å². The van der Waals surface area contributed by atoms with Crippen LogP contribution in [0.2, 0.25) is 0 Å². The van der Waals surface area contributed by atoms with E-state index >= 15 is 0 Å². The van der Waals surface area contributed by atoms with Crippen LogP contribution in [-0.4, -0.2) is 23.9 Å². The zero-order valence-electron chi connectivity index (χ0n) is 10.6. The maximum Gasteiger partial charge on any atom is 0.224 e. The Labute approximate surface area is 97.4 Å². The summed E-state index contributed by atoms with van der Waals surface area (Å²) in [5.41, 5.74) is 0.635. The number of carbonyl (C=O) groups is 1. The van der Waals surface area contributed by atoms with Crippen molar-refractivity contribution in [3.05, 3.63) is 0 Å². The molecule has 0 N–H and O–H groups in total. The highest BCUT2D eigenvalue weighted by Crippen LogP contribution is 2.68. The fourth-order valence-electron chi connectivity index (χ4n) is 3.05. The molecule has 0 radical (unpaired) electrons. The Morgan fingerprint density at radius 1 is 1.38 bits per heavy atom. The van der Waals surface area contributed by atoms with Crippen LogP contribution in [0.1, 0.15) is 34.1 Å². The first-order valence-electron chi connectivity index (χ1n) is 5.98. The van der Waals surface area contributed by atoms with Crippen molar-refractivity contribution in [2.75, 3.05) is 13.1 Å². The van der Waals surface area contributed by atoms with Gasteiger partial charge in [0.1, 0.15) is 0 Å². The first-order chi connectivity index (χ1) is 7.30. The third kappa shape index (κ3) is 1.43. The molecule has 1 unspecified atom stereocenters. The lowest BCUT2D eigenvalue weighted by Crippen LogP contribution is -2.28. The molecule has 1 aliphatic heterocycles. The molecule has 1 amide bonds. The third-order valence-electron chi connectivity index (χ3n) is 5.12. The summed E-state index contributed by atoms with van der Waals surface area (Å²) >= 11 is 0. The van der Waals surface area contributed by atoms with Gasteiger partial charge in [0.25, 0.3) is 0 Å². The first kappa shape index (κ1) is 11.4. The van der Waals surface area contributed by atoms with Crippen molar-refractivity contribution in [3.8, 4) is 6.07 Å². The Morgan fingerprint density at radius 2 is 1.94 bits per heavy atom. The van der Waals surface area contributed by atoms with Gasteiger partial charge >= 0.3 is 0 Å². The van der Waals surface area contributed by atoms with E-state index in [1.807, 2.05) is 4.90 Å². The van der Waals surface area contributed by atoms with Crippen molar-refractivity contribution in [3.63, 3.8) is 0 Å². The van der Waals surface area contributed by atoms with Gasteiger partial charge < -0.3 is 4.90 Å². The van der Waals surface area contributed by atoms with Crippen molar-refractivity contribution in [2.24, 2.45) is 22.7 Å². The lowest BCUT2D eigenvalue weighted by molar-refractivity contribution is -0.128.